The molecule has 4 aliphatic rings. The highest BCUT2D eigenvalue weighted by Crippen LogP contribution is 2.68. The molecule has 4 bridgehead atoms. The molecular weight excluding hydrogens is 264 g/mol. The lowest BCUT2D eigenvalue weighted by atomic mass is 9.65. The Kier molecular flexibility index (Phi) is 3.65. The second-order valence-electron chi connectivity index (χ2n) is 11.1. The minimum atomic E-state index is 0.631. The number of rotatable bonds is 0. The lowest BCUT2D eigenvalue weighted by molar-refractivity contribution is 0.0903. The molecule has 0 amide bonds. The van der Waals surface area contributed by atoms with E-state index in [1.54, 1.807) is 0 Å². The van der Waals surface area contributed by atoms with Crippen LogP contribution in [0.2, 0.25) is 0 Å². The molecule has 0 nitrogen and oxygen atoms in total. The second-order valence-corrected chi connectivity index (χ2v) is 11.1. The molecule has 0 radical (unpaired) electrons. The molecule has 128 valence electrons. The van der Waals surface area contributed by atoms with Gasteiger partial charge in [0.25, 0.3) is 0 Å². The topological polar surface area (TPSA) is 0 Å². The van der Waals surface area contributed by atoms with Gasteiger partial charge in [-0.1, -0.05) is 55.4 Å². The summed E-state index contributed by atoms with van der Waals surface area (Å²) in [6.07, 6.45) is 8.94. The van der Waals surface area contributed by atoms with Crippen LogP contribution in [0.25, 0.3) is 0 Å². The molecule has 6 unspecified atom stereocenters. The van der Waals surface area contributed by atoms with Crippen LogP contribution in [-0.4, -0.2) is 0 Å². The van der Waals surface area contributed by atoms with Crippen molar-refractivity contribution in [2.24, 2.45) is 45.3 Å². The van der Waals surface area contributed by atoms with Gasteiger partial charge in [-0.25, -0.2) is 0 Å². The summed E-state index contributed by atoms with van der Waals surface area (Å²) in [5.41, 5.74) is 2.63. The summed E-state index contributed by atoms with van der Waals surface area (Å²) in [6.45, 7) is 19.8. The predicted molar refractivity (Wildman–Crippen MR) is 96.8 cm³/mol. The van der Waals surface area contributed by atoms with Crippen molar-refractivity contribution >= 4 is 0 Å². The third-order valence-electron chi connectivity index (χ3n) is 10.2. The van der Waals surface area contributed by atoms with Crippen LogP contribution in [0.5, 0.6) is 0 Å². The molecule has 0 saturated heterocycles. The van der Waals surface area contributed by atoms with Crippen LogP contribution in [0.3, 0.4) is 0 Å². The Labute approximate surface area is 139 Å². The second kappa shape index (κ2) is 4.76. The average molecular weight is 305 g/mol. The van der Waals surface area contributed by atoms with E-state index in [2.05, 4.69) is 55.4 Å². The van der Waals surface area contributed by atoms with Crippen molar-refractivity contribution in [3.05, 3.63) is 0 Å². The molecule has 6 atom stereocenters. The van der Waals surface area contributed by atoms with Crippen molar-refractivity contribution in [1.29, 1.82) is 0 Å². The quantitative estimate of drug-likeness (QED) is 0.455. The number of hydrogen-bond acceptors (Lipinski definition) is 0. The van der Waals surface area contributed by atoms with E-state index in [0.29, 0.717) is 21.7 Å². The third-order valence-corrected chi connectivity index (χ3v) is 10.2. The Morgan fingerprint density at radius 3 is 1.59 bits per heavy atom. The van der Waals surface area contributed by atoms with Gasteiger partial charge < -0.3 is 0 Å². The molecule has 0 heterocycles. The van der Waals surface area contributed by atoms with E-state index >= 15 is 0 Å². The van der Waals surface area contributed by atoms with E-state index in [1.807, 2.05) is 0 Å². The first-order valence-corrected chi connectivity index (χ1v) is 9.95. The molecule has 0 N–H and O–H groups in total. The van der Waals surface area contributed by atoms with Crippen LogP contribution in [0.15, 0.2) is 0 Å². The normalized spacial score (nSPS) is 53.5. The Balaban J connectivity index is 0.000000131. The van der Waals surface area contributed by atoms with Gasteiger partial charge in [-0.05, 0) is 83.9 Å². The maximum atomic E-state index is 2.50. The van der Waals surface area contributed by atoms with E-state index in [1.165, 1.54) is 38.5 Å². The monoisotopic (exact) mass is 304 g/mol. The summed E-state index contributed by atoms with van der Waals surface area (Å²) in [5.74, 6) is 3.97. The maximum Gasteiger partial charge on any atom is -0.0246 e. The van der Waals surface area contributed by atoms with E-state index in [4.69, 9.17) is 0 Å². The van der Waals surface area contributed by atoms with Gasteiger partial charge in [0.1, 0.15) is 0 Å². The van der Waals surface area contributed by atoms with Crippen LogP contribution in [0, 0.1) is 45.3 Å². The van der Waals surface area contributed by atoms with E-state index in [0.717, 1.165) is 23.7 Å². The van der Waals surface area contributed by atoms with Gasteiger partial charge in [-0.2, -0.15) is 0 Å². The van der Waals surface area contributed by atoms with Crippen molar-refractivity contribution in [2.45, 2.75) is 93.9 Å². The lowest BCUT2D eigenvalue weighted by Crippen LogP contribution is -2.32. The Bertz CT molecular complexity index is 440. The van der Waals surface area contributed by atoms with Crippen LogP contribution in [0.1, 0.15) is 93.9 Å². The first kappa shape index (κ1) is 16.8. The largest absolute Gasteiger partial charge is 0.0620 e. The van der Waals surface area contributed by atoms with Gasteiger partial charge in [-0.15, -0.1) is 0 Å². The first-order chi connectivity index (χ1) is 9.95. The SMILES string of the molecule is CC1C2(C)CCC(C2)C1(C)C.CC1CC2CCC1(C)C2(C)C. The minimum Gasteiger partial charge on any atom is -0.0620 e. The molecule has 22 heavy (non-hydrogen) atoms. The van der Waals surface area contributed by atoms with Crippen LogP contribution in [0.4, 0.5) is 0 Å². The van der Waals surface area contributed by atoms with E-state index < -0.39 is 0 Å². The summed E-state index contributed by atoms with van der Waals surface area (Å²) in [4.78, 5) is 0. The summed E-state index contributed by atoms with van der Waals surface area (Å²) >= 11 is 0. The van der Waals surface area contributed by atoms with Gasteiger partial charge in [0.2, 0.25) is 0 Å². The highest BCUT2D eigenvalue weighted by molar-refractivity contribution is 5.08. The van der Waals surface area contributed by atoms with Crippen LogP contribution >= 0.6 is 0 Å². The lowest BCUT2D eigenvalue weighted by Gasteiger charge is -2.40. The van der Waals surface area contributed by atoms with Crippen LogP contribution < -0.4 is 0 Å². The van der Waals surface area contributed by atoms with E-state index in [-0.39, 0.29) is 0 Å². The van der Waals surface area contributed by atoms with Gasteiger partial charge in [0, 0.05) is 0 Å². The molecule has 0 aromatic rings. The van der Waals surface area contributed by atoms with Gasteiger partial charge >= 0.3 is 0 Å². The zero-order valence-electron chi connectivity index (χ0n) is 16.6. The summed E-state index contributed by atoms with van der Waals surface area (Å²) < 4.78 is 0. The molecule has 4 fully saturated rings. The number of fused-ring (bicyclic) bond motifs is 4. The Hall–Kier alpha value is 0. The third kappa shape index (κ3) is 2.01. The van der Waals surface area contributed by atoms with Gasteiger partial charge in [0.05, 0.1) is 0 Å². The smallest absolute Gasteiger partial charge is 0.0246 e. The van der Waals surface area contributed by atoms with Gasteiger partial charge in [-0.3, -0.25) is 0 Å². The molecular formula is C22H40. The summed E-state index contributed by atoms with van der Waals surface area (Å²) in [5, 5.41) is 0. The maximum absolute atomic E-state index is 2.50. The fraction of sp³-hybridized carbons (Fsp3) is 1.00. The fourth-order valence-electron chi connectivity index (χ4n) is 7.16. The first-order valence-electron chi connectivity index (χ1n) is 9.95. The Morgan fingerprint density at radius 2 is 1.36 bits per heavy atom. The number of hydrogen-bond donors (Lipinski definition) is 0. The zero-order valence-corrected chi connectivity index (χ0v) is 16.6. The highest BCUT2D eigenvalue weighted by Gasteiger charge is 2.59. The predicted octanol–water partition coefficient (Wildman–Crippen LogP) is 6.94. The minimum absolute atomic E-state index is 0.631. The van der Waals surface area contributed by atoms with Gasteiger partial charge in [0.15, 0.2) is 0 Å². The molecule has 4 aliphatic carbocycles. The van der Waals surface area contributed by atoms with Crippen molar-refractivity contribution in [3.63, 3.8) is 0 Å². The molecule has 0 heteroatoms. The molecule has 4 rings (SSSR count). The molecule has 0 aromatic heterocycles. The van der Waals surface area contributed by atoms with Crippen molar-refractivity contribution in [1.82, 2.24) is 0 Å². The molecule has 0 aromatic carbocycles. The Morgan fingerprint density at radius 1 is 0.773 bits per heavy atom. The van der Waals surface area contributed by atoms with Crippen molar-refractivity contribution in [2.75, 3.05) is 0 Å². The standard InChI is InChI=1S/2C11H20/c1-8-10(2,3)9-5-6-11(8,4)7-9;1-8-7-9-5-6-11(8,4)10(9,2)3/h2*8-9H,5-7H2,1-4H3. The fourth-order valence-corrected chi connectivity index (χ4v) is 7.16. The summed E-state index contributed by atoms with van der Waals surface area (Å²) in [7, 11) is 0. The average Bonchev–Trinajstić information content (AvgIpc) is 3.02. The van der Waals surface area contributed by atoms with Crippen molar-refractivity contribution < 1.29 is 0 Å². The summed E-state index contributed by atoms with van der Waals surface area (Å²) in [6, 6.07) is 0. The van der Waals surface area contributed by atoms with E-state index in [9.17, 15) is 0 Å². The highest BCUT2D eigenvalue weighted by atomic mass is 14.6. The van der Waals surface area contributed by atoms with Crippen LogP contribution in [-0.2, 0) is 0 Å². The molecule has 0 aliphatic heterocycles. The molecule has 0 spiro atoms. The molecule has 4 saturated carbocycles. The van der Waals surface area contributed by atoms with Crippen molar-refractivity contribution in [3.8, 4) is 0 Å². The zero-order chi connectivity index (χ0) is 16.6.